The van der Waals surface area contributed by atoms with Gasteiger partial charge >= 0.3 is 0 Å². The largest absolute Gasteiger partial charge is 0.385 e. The van der Waals surface area contributed by atoms with Gasteiger partial charge in [-0.3, -0.25) is 14.2 Å². The van der Waals surface area contributed by atoms with Crippen molar-refractivity contribution in [2.45, 2.75) is 47.2 Å². The second kappa shape index (κ2) is 7.78. The van der Waals surface area contributed by atoms with E-state index in [9.17, 15) is 9.59 Å². The molecule has 0 amide bonds. The van der Waals surface area contributed by atoms with Crippen LogP contribution in [0.1, 0.15) is 38.6 Å². The molecule has 0 spiro atoms. The topological polar surface area (TPSA) is 66.1 Å². The first kappa shape index (κ1) is 19.5. The molecule has 0 aromatic carbocycles. The summed E-state index contributed by atoms with van der Waals surface area (Å²) in [6, 6.07) is 1.90. The van der Waals surface area contributed by atoms with Gasteiger partial charge in [0.25, 0.3) is 5.56 Å². The Hall–Kier alpha value is -2.25. The van der Waals surface area contributed by atoms with Gasteiger partial charge in [-0.05, 0) is 45.7 Å². The molecule has 6 nitrogen and oxygen atoms in total. The smallest absolute Gasteiger partial charge is 0.262 e. The van der Waals surface area contributed by atoms with E-state index in [0.717, 1.165) is 39.6 Å². The molecule has 3 rings (SSSR count). The highest BCUT2D eigenvalue weighted by Gasteiger charge is 2.18. The third kappa shape index (κ3) is 3.61. The van der Waals surface area contributed by atoms with Crippen molar-refractivity contribution < 1.29 is 9.53 Å². The van der Waals surface area contributed by atoms with Gasteiger partial charge in [-0.15, -0.1) is 11.3 Å². The molecule has 0 atom stereocenters. The van der Waals surface area contributed by atoms with Gasteiger partial charge in [0, 0.05) is 42.1 Å². The average molecular weight is 388 g/mol. The Kier molecular flexibility index (Phi) is 5.62. The molecule has 0 radical (unpaired) electrons. The number of methoxy groups -OCH3 is 1. The normalized spacial score (nSPS) is 11.4. The van der Waals surface area contributed by atoms with Crippen LogP contribution in [0.5, 0.6) is 0 Å². The predicted octanol–water partition coefficient (Wildman–Crippen LogP) is 3.41. The maximum Gasteiger partial charge on any atom is 0.262 e. The van der Waals surface area contributed by atoms with E-state index in [2.05, 4.69) is 9.55 Å². The fourth-order valence-corrected chi connectivity index (χ4v) is 4.40. The number of carbonyl (C=O) groups excluding carboxylic acids is 1. The molecule has 0 saturated carbocycles. The summed E-state index contributed by atoms with van der Waals surface area (Å²) in [5, 5.41) is 0.623. The van der Waals surface area contributed by atoms with E-state index in [0.29, 0.717) is 17.6 Å². The van der Waals surface area contributed by atoms with Crippen molar-refractivity contribution in [3.8, 4) is 0 Å². The first-order valence-electron chi connectivity index (χ1n) is 8.99. The van der Waals surface area contributed by atoms with Crippen molar-refractivity contribution in [3.05, 3.63) is 50.1 Å². The summed E-state index contributed by atoms with van der Waals surface area (Å²) >= 11 is 1.51. The maximum absolute atomic E-state index is 12.9. The number of nitrogens with zero attached hydrogens (tertiary/aromatic N) is 3. The van der Waals surface area contributed by atoms with Crippen molar-refractivity contribution in [1.29, 1.82) is 0 Å². The number of ketones is 1. The Morgan fingerprint density at radius 1 is 1.26 bits per heavy atom. The van der Waals surface area contributed by atoms with E-state index in [-0.39, 0.29) is 17.9 Å². The first-order chi connectivity index (χ1) is 12.8. The molecule has 7 heteroatoms. The molecule has 0 aliphatic heterocycles. The van der Waals surface area contributed by atoms with Gasteiger partial charge in [-0.1, -0.05) is 0 Å². The van der Waals surface area contributed by atoms with Crippen LogP contribution in [0.2, 0.25) is 0 Å². The number of fused-ring (bicyclic) bond motifs is 1. The van der Waals surface area contributed by atoms with Crippen LogP contribution in [0.15, 0.2) is 17.2 Å². The molecule has 0 fully saturated rings. The van der Waals surface area contributed by atoms with Crippen LogP contribution < -0.4 is 5.56 Å². The Balaban J connectivity index is 1.89. The minimum absolute atomic E-state index is 0.00152. The fourth-order valence-electron chi connectivity index (χ4n) is 3.42. The maximum atomic E-state index is 12.9. The molecule has 144 valence electrons. The lowest BCUT2D eigenvalue weighted by Crippen LogP contribution is -2.25. The molecule has 3 heterocycles. The second-order valence-corrected chi connectivity index (χ2v) is 8.05. The van der Waals surface area contributed by atoms with E-state index < -0.39 is 0 Å². The summed E-state index contributed by atoms with van der Waals surface area (Å²) in [5.41, 5.74) is 3.43. The molecule has 0 saturated heterocycles. The van der Waals surface area contributed by atoms with E-state index in [1.165, 1.54) is 22.2 Å². The van der Waals surface area contributed by atoms with Crippen molar-refractivity contribution in [2.24, 2.45) is 0 Å². The highest BCUT2D eigenvalue weighted by Crippen LogP contribution is 2.25. The summed E-state index contributed by atoms with van der Waals surface area (Å²) < 4.78 is 8.66. The third-order valence-electron chi connectivity index (χ3n) is 5.07. The Labute approximate surface area is 162 Å². The zero-order valence-electron chi connectivity index (χ0n) is 16.5. The minimum Gasteiger partial charge on any atom is -0.385 e. The summed E-state index contributed by atoms with van der Waals surface area (Å²) in [5.74, 6) is -0.0750. The zero-order chi connectivity index (χ0) is 19.7. The number of Topliss-reactive ketones (excluding diaryl/α,β-unsaturated/α-hetero) is 1. The molecular formula is C20H25N3O3S. The van der Waals surface area contributed by atoms with E-state index in [4.69, 9.17) is 4.74 Å². The van der Waals surface area contributed by atoms with Crippen LogP contribution in [-0.4, -0.2) is 33.6 Å². The number of carbonyl (C=O) groups is 1. The quantitative estimate of drug-likeness (QED) is 0.460. The van der Waals surface area contributed by atoms with E-state index in [1.807, 2.05) is 33.8 Å². The van der Waals surface area contributed by atoms with Crippen molar-refractivity contribution in [1.82, 2.24) is 14.1 Å². The summed E-state index contributed by atoms with van der Waals surface area (Å²) in [7, 11) is 1.68. The van der Waals surface area contributed by atoms with Crippen molar-refractivity contribution in [3.63, 3.8) is 0 Å². The second-order valence-electron chi connectivity index (χ2n) is 6.85. The van der Waals surface area contributed by atoms with Gasteiger partial charge in [-0.2, -0.15) is 0 Å². The average Bonchev–Trinajstić information content (AvgIpc) is 3.08. The van der Waals surface area contributed by atoms with Gasteiger partial charge < -0.3 is 9.30 Å². The lowest BCUT2D eigenvalue weighted by Gasteiger charge is -2.09. The van der Waals surface area contributed by atoms with Gasteiger partial charge in [0.2, 0.25) is 0 Å². The number of hydrogen-bond acceptors (Lipinski definition) is 5. The first-order valence-corrected chi connectivity index (χ1v) is 9.80. The molecule has 0 aliphatic carbocycles. The minimum atomic E-state index is -0.149. The Bertz CT molecular complexity index is 1060. The Morgan fingerprint density at radius 2 is 2.00 bits per heavy atom. The van der Waals surface area contributed by atoms with Gasteiger partial charge in [0.15, 0.2) is 5.78 Å². The molecule has 3 aromatic rings. The van der Waals surface area contributed by atoms with Gasteiger partial charge in [0.05, 0.1) is 18.3 Å². The van der Waals surface area contributed by atoms with Gasteiger partial charge in [-0.25, -0.2) is 4.98 Å². The molecule has 3 aromatic heterocycles. The molecule has 0 N–H and O–H groups in total. The van der Waals surface area contributed by atoms with Crippen molar-refractivity contribution in [2.75, 3.05) is 13.7 Å². The van der Waals surface area contributed by atoms with Crippen LogP contribution in [0.4, 0.5) is 0 Å². The monoisotopic (exact) mass is 387 g/mol. The highest BCUT2D eigenvalue weighted by molar-refractivity contribution is 7.18. The fraction of sp³-hybridized carbons (Fsp3) is 0.450. The predicted molar refractivity (Wildman–Crippen MR) is 108 cm³/mol. The van der Waals surface area contributed by atoms with Crippen LogP contribution >= 0.6 is 11.3 Å². The number of ether oxygens (including phenoxy) is 1. The molecule has 0 aliphatic rings. The number of aryl methyl sites for hydroxylation is 3. The van der Waals surface area contributed by atoms with Crippen LogP contribution in [0.25, 0.3) is 10.2 Å². The van der Waals surface area contributed by atoms with Crippen molar-refractivity contribution >= 4 is 27.3 Å². The SMILES string of the molecule is COCCCn1c(C)cc(C(=O)Cn2cnc3sc(C)c(C)c3c2=O)c1C. The van der Waals surface area contributed by atoms with Gasteiger partial charge in [0.1, 0.15) is 4.83 Å². The molecule has 0 bridgehead atoms. The highest BCUT2D eigenvalue weighted by atomic mass is 32.1. The summed E-state index contributed by atoms with van der Waals surface area (Å²) in [6.07, 6.45) is 2.37. The molecular weight excluding hydrogens is 362 g/mol. The summed E-state index contributed by atoms with van der Waals surface area (Å²) in [6.45, 7) is 9.34. The number of hydrogen-bond donors (Lipinski definition) is 0. The lowest BCUT2D eigenvalue weighted by atomic mass is 10.1. The zero-order valence-corrected chi connectivity index (χ0v) is 17.3. The van der Waals surface area contributed by atoms with E-state index >= 15 is 0 Å². The molecule has 0 unspecified atom stereocenters. The van der Waals surface area contributed by atoms with E-state index in [1.54, 1.807) is 7.11 Å². The number of thiophene rings is 1. The van der Waals surface area contributed by atoms with Crippen LogP contribution in [0, 0.1) is 27.7 Å². The lowest BCUT2D eigenvalue weighted by molar-refractivity contribution is 0.0970. The van der Waals surface area contributed by atoms with Crippen LogP contribution in [0.3, 0.4) is 0 Å². The molecule has 27 heavy (non-hydrogen) atoms. The number of rotatable bonds is 7. The number of aromatic nitrogens is 3. The summed E-state index contributed by atoms with van der Waals surface area (Å²) in [4.78, 5) is 31.9. The Morgan fingerprint density at radius 3 is 2.70 bits per heavy atom. The standard InChI is InChI=1S/C20H25N3O3S/c1-12-9-16(14(3)23(12)7-6-8-26-5)17(24)10-22-11-21-19-18(20(22)25)13(2)15(4)27-19/h9,11H,6-8,10H2,1-5H3. The van der Waals surface area contributed by atoms with Crippen LogP contribution in [-0.2, 0) is 17.8 Å². The third-order valence-corrected chi connectivity index (χ3v) is 6.19.